The van der Waals surface area contributed by atoms with E-state index < -0.39 is 0 Å². The highest BCUT2D eigenvalue weighted by atomic mass is 16.5. The van der Waals surface area contributed by atoms with Crippen molar-refractivity contribution in [2.45, 2.75) is 53.0 Å². The lowest BCUT2D eigenvalue weighted by Crippen LogP contribution is -2.23. The largest absolute Gasteiger partial charge is 0.361 e. The lowest BCUT2D eigenvalue weighted by atomic mass is 9.93. The lowest BCUT2D eigenvalue weighted by molar-refractivity contribution is -0.115. The summed E-state index contributed by atoms with van der Waals surface area (Å²) in [4.78, 5) is 21.5. The number of amides is 1. The van der Waals surface area contributed by atoms with Gasteiger partial charge in [0.1, 0.15) is 11.3 Å². The summed E-state index contributed by atoms with van der Waals surface area (Å²) in [5, 5.41) is 6.78. The van der Waals surface area contributed by atoms with Crippen molar-refractivity contribution in [1.82, 2.24) is 19.7 Å². The molecule has 0 aliphatic heterocycles. The fourth-order valence-electron chi connectivity index (χ4n) is 3.00. The van der Waals surface area contributed by atoms with Crippen molar-refractivity contribution in [3.05, 3.63) is 35.3 Å². The average molecular weight is 341 g/mol. The Bertz CT molecular complexity index is 907. The number of imidazole rings is 1. The van der Waals surface area contributed by atoms with Crippen molar-refractivity contribution in [2.75, 3.05) is 5.32 Å². The first-order valence-electron chi connectivity index (χ1n) is 8.17. The van der Waals surface area contributed by atoms with Crippen LogP contribution >= 0.6 is 0 Å². The molecule has 25 heavy (non-hydrogen) atoms. The molecular weight excluding hydrogens is 318 g/mol. The number of carbonyl (C=O) groups is 1. The Labute approximate surface area is 146 Å². The van der Waals surface area contributed by atoms with E-state index in [1.165, 1.54) is 6.42 Å². The summed E-state index contributed by atoms with van der Waals surface area (Å²) in [5.41, 5.74) is 3.31. The molecule has 3 aromatic rings. The Kier molecular flexibility index (Phi) is 4.57. The Morgan fingerprint density at radius 1 is 1.36 bits per heavy atom. The SMILES string of the molecule is C.Cc1cnc2c(c1)nc(NC(=O)Cc1cc(C)on1)n2C1CCC1. The van der Waals surface area contributed by atoms with Crippen molar-refractivity contribution < 1.29 is 9.32 Å². The van der Waals surface area contributed by atoms with Crippen LogP contribution in [0.4, 0.5) is 5.95 Å². The Morgan fingerprint density at radius 2 is 2.16 bits per heavy atom. The van der Waals surface area contributed by atoms with E-state index in [0.29, 0.717) is 23.4 Å². The van der Waals surface area contributed by atoms with E-state index >= 15 is 0 Å². The lowest BCUT2D eigenvalue weighted by Gasteiger charge is -2.28. The monoisotopic (exact) mass is 341 g/mol. The van der Waals surface area contributed by atoms with Crippen molar-refractivity contribution in [1.29, 1.82) is 0 Å². The third kappa shape index (κ3) is 3.26. The summed E-state index contributed by atoms with van der Waals surface area (Å²) in [6.07, 6.45) is 5.38. The molecule has 1 N–H and O–H groups in total. The zero-order valence-electron chi connectivity index (χ0n) is 13.7. The van der Waals surface area contributed by atoms with Crippen molar-refractivity contribution in [2.24, 2.45) is 0 Å². The van der Waals surface area contributed by atoms with Crippen LogP contribution in [0.2, 0.25) is 0 Å². The number of rotatable bonds is 4. The Hall–Kier alpha value is -2.70. The van der Waals surface area contributed by atoms with E-state index in [1.807, 2.05) is 19.2 Å². The molecule has 3 aromatic heterocycles. The number of aryl methyl sites for hydroxylation is 2. The van der Waals surface area contributed by atoms with Gasteiger partial charge in [-0.2, -0.15) is 0 Å². The van der Waals surface area contributed by atoms with Crippen LogP contribution in [-0.2, 0) is 11.2 Å². The van der Waals surface area contributed by atoms with Crippen LogP contribution in [0, 0.1) is 13.8 Å². The number of aromatic nitrogens is 4. The van der Waals surface area contributed by atoms with E-state index in [2.05, 4.69) is 25.0 Å². The van der Waals surface area contributed by atoms with Gasteiger partial charge in [-0.1, -0.05) is 12.6 Å². The maximum atomic E-state index is 12.3. The van der Waals surface area contributed by atoms with E-state index in [1.54, 1.807) is 13.0 Å². The molecule has 0 aromatic carbocycles. The highest BCUT2D eigenvalue weighted by Gasteiger charge is 2.26. The highest BCUT2D eigenvalue weighted by Crippen LogP contribution is 2.36. The fourth-order valence-corrected chi connectivity index (χ4v) is 3.00. The molecular formula is C18H23N5O2. The fraction of sp³-hybridized carbons (Fsp3) is 0.444. The summed E-state index contributed by atoms with van der Waals surface area (Å²) in [6, 6.07) is 4.11. The molecule has 0 radical (unpaired) electrons. The smallest absolute Gasteiger partial charge is 0.232 e. The van der Waals surface area contributed by atoms with Crippen LogP contribution in [0.3, 0.4) is 0 Å². The molecule has 0 spiro atoms. The summed E-state index contributed by atoms with van der Waals surface area (Å²) in [5.74, 6) is 1.10. The van der Waals surface area contributed by atoms with E-state index in [0.717, 1.165) is 29.6 Å². The van der Waals surface area contributed by atoms with Crippen LogP contribution in [0.5, 0.6) is 0 Å². The number of hydrogen-bond donors (Lipinski definition) is 1. The second kappa shape index (κ2) is 6.66. The zero-order chi connectivity index (χ0) is 16.7. The van der Waals surface area contributed by atoms with Gasteiger partial charge in [-0.25, -0.2) is 9.97 Å². The van der Waals surface area contributed by atoms with E-state index in [4.69, 9.17) is 4.52 Å². The van der Waals surface area contributed by atoms with Gasteiger partial charge in [0.05, 0.1) is 12.1 Å². The molecule has 7 heteroatoms. The number of nitrogens with zero attached hydrogens (tertiary/aromatic N) is 4. The topological polar surface area (TPSA) is 85.8 Å². The van der Waals surface area contributed by atoms with Crippen LogP contribution in [-0.4, -0.2) is 25.6 Å². The molecule has 0 atom stereocenters. The van der Waals surface area contributed by atoms with Gasteiger partial charge in [-0.3, -0.25) is 14.7 Å². The Balaban J connectivity index is 0.00000182. The van der Waals surface area contributed by atoms with Crippen molar-refractivity contribution in [3.8, 4) is 0 Å². The predicted octanol–water partition coefficient (Wildman–Crippen LogP) is 3.58. The average Bonchev–Trinajstić information content (AvgIpc) is 3.01. The number of hydrogen-bond acceptors (Lipinski definition) is 5. The minimum absolute atomic E-state index is 0. The van der Waals surface area contributed by atoms with Crippen LogP contribution in [0.15, 0.2) is 22.9 Å². The molecule has 0 unspecified atom stereocenters. The highest BCUT2D eigenvalue weighted by molar-refractivity contribution is 5.92. The zero-order valence-corrected chi connectivity index (χ0v) is 13.7. The minimum atomic E-state index is -0.157. The molecule has 1 aliphatic carbocycles. The summed E-state index contributed by atoms with van der Waals surface area (Å²) in [7, 11) is 0. The minimum Gasteiger partial charge on any atom is -0.361 e. The van der Waals surface area contributed by atoms with Crippen LogP contribution < -0.4 is 5.32 Å². The number of carbonyl (C=O) groups excluding carboxylic acids is 1. The third-order valence-corrected chi connectivity index (χ3v) is 4.38. The standard InChI is InChI=1S/C17H19N5O2.CH4/c1-10-6-14-16(18-9-10)22(13-4-3-5-13)17(19-14)20-15(23)8-12-7-11(2)24-21-12;/h6-7,9,13H,3-5,8H2,1-2H3,(H,19,20,23);1H4. The second-order valence-electron chi connectivity index (χ2n) is 6.40. The second-order valence-corrected chi connectivity index (χ2v) is 6.40. The molecule has 1 aliphatic rings. The molecule has 132 valence electrons. The van der Waals surface area contributed by atoms with Gasteiger partial charge in [0, 0.05) is 18.3 Å². The van der Waals surface area contributed by atoms with Gasteiger partial charge in [-0.15, -0.1) is 0 Å². The van der Waals surface area contributed by atoms with Crippen LogP contribution in [0.1, 0.15) is 49.7 Å². The number of pyridine rings is 1. The van der Waals surface area contributed by atoms with E-state index in [9.17, 15) is 4.79 Å². The molecule has 1 amide bonds. The number of fused-ring (bicyclic) bond motifs is 1. The molecule has 3 heterocycles. The van der Waals surface area contributed by atoms with Gasteiger partial charge in [0.25, 0.3) is 0 Å². The molecule has 7 nitrogen and oxygen atoms in total. The molecule has 4 rings (SSSR count). The van der Waals surface area contributed by atoms with Gasteiger partial charge >= 0.3 is 0 Å². The number of nitrogens with one attached hydrogen (secondary N) is 1. The first kappa shape index (κ1) is 17.1. The molecule has 0 saturated heterocycles. The maximum Gasteiger partial charge on any atom is 0.232 e. The first-order valence-corrected chi connectivity index (χ1v) is 8.17. The molecule has 1 saturated carbocycles. The van der Waals surface area contributed by atoms with Gasteiger partial charge in [-0.05, 0) is 44.7 Å². The first-order chi connectivity index (χ1) is 11.6. The normalized spacial score (nSPS) is 14.2. The van der Waals surface area contributed by atoms with Crippen molar-refractivity contribution in [3.63, 3.8) is 0 Å². The van der Waals surface area contributed by atoms with Crippen molar-refractivity contribution >= 4 is 23.0 Å². The number of anilines is 1. The van der Waals surface area contributed by atoms with Gasteiger partial charge < -0.3 is 4.52 Å². The van der Waals surface area contributed by atoms with Crippen LogP contribution in [0.25, 0.3) is 11.2 Å². The molecule has 0 bridgehead atoms. The maximum absolute atomic E-state index is 12.3. The van der Waals surface area contributed by atoms with Gasteiger partial charge in [0.2, 0.25) is 11.9 Å². The Morgan fingerprint density at radius 3 is 2.80 bits per heavy atom. The third-order valence-electron chi connectivity index (χ3n) is 4.38. The van der Waals surface area contributed by atoms with E-state index in [-0.39, 0.29) is 19.8 Å². The predicted molar refractivity (Wildman–Crippen MR) is 95.5 cm³/mol. The molecule has 1 fully saturated rings. The quantitative estimate of drug-likeness (QED) is 0.784. The summed E-state index contributed by atoms with van der Waals surface area (Å²) < 4.78 is 7.06. The summed E-state index contributed by atoms with van der Waals surface area (Å²) in [6.45, 7) is 3.79. The van der Waals surface area contributed by atoms with Gasteiger partial charge in [0.15, 0.2) is 5.65 Å². The summed E-state index contributed by atoms with van der Waals surface area (Å²) >= 11 is 0.